The van der Waals surface area contributed by atoms with Gasteiger partial charge in [-0.25, -0.2) is 4.99 Å². The third kappa shape index (κ3) is 12.2. The van der Waals surface area contributed by atoms with E-state index in [1.165, 1.54) is 4.90 Å². The van der Waals surface area contributed by atoms with Gasteiger partial charge >= 0.3 is 29.8 Å². The predicted molar refractivity (Wildman–Crippen MR) is 131 cm³/mol. The normalized spacial score (nSPS) is 12.6. The summed E-state index contributed by atoms with van der Waals surface area (Å²) >= 11 is 4.79. The summed E-state index contributed by atoms with van der Waals surface area (Å²) < 4.78 is 0. The maximum atomic E-state index is 11.6. The van der Waals surface area contributed by atoms with Gasteiger partial charge in [0.05, 0.1) is 37.9 Å². The van der Waals surface area contributed by atoms with Crippen LogP contribution in [0.5, 0.6) is 0 Å². The molecule has 0 spiro atoms. The summed E-state index contributed by atoms with van der Waals surface area (Å²) in [4.78, 5) is 64.7. The number of rotatable bonds is 19. The number of hydrogen-bond donors (Lipinski definition) is 5. The number of carboxylic acid groups (broad SMARTS) is 5. The second-order valence-corrected chi connectivity index (χ2v) is 8.28. The summed E-state index contributed by atoms with van der Waals surface area (Å²) in [5.41, 5.74) is -1.08. The van der Waals surface area contributed by atoms with Crippen LogP contribution in [0.15, 0.2) is 35.3 Å². The first-order valence-corrected chi connectivity index (χ1v) is 11.2. The fourth-order valence-electron chi connectivity index (χ4n) is 3.74. The number of aliphatic carboxylic acids is 5. The summed E-state index contributed by atoms with van der Waals surface area (Å²) in [5.74, 6) is -6.59. The average Bonchev–Trinajstić information content (AvgIpc) is 2.76. The zero-order valence-electron chi connectivity index (χ0n) is 19.7. The number of aliphatic imine (C=N–C) groups is 1. The van der Waals surface area contributed by atoms with E-state index in [1.54, 1.807) is 30.3 Å². The monoisotopic (exact) mass is 540 g/mol. The quantitative estimate of drug-likeness (QED) is 0.109. The lowest BCUT2D eigenvalue weighted by Gasteiger charge is -2.42. The lowest BCUT2D eigenvalue weighted by Crippen LogP contribution is -2.59. The molecule has 0 fully saturated rings. The molecule has 0 aliphatic carbocycles. The largest absolute Gasteiger partial charge is 0.480 e. The Morgan fingerprint density at radius 3 is 1.59 bits per heavy atom. The Balaban J connectivity index is 3.49. The second kappa shape index (κ2) is 15.4. The van der Waals surface area contributed by atoms with Crippen LogP contribution in [0.25, 0.3) is 0 Å². The van der Waals surface area contributed by atoms with Crippen molar-refractivity contribution in [3.8, 4) is 0 Å². The third-order valence-electron chi connectivity index (χ3n) is 5.11. The van der Waals surface area contributed by atoms with Gasteiger partial charge in [0.25, 0.3) is 0 Å². The molecule has 1 unspecified atom stereocenters. The molecule has 0 saturated carbocycles. The Hall–Kier alpha value is -3.75. The molecule has 0 bridgehead atoms. The Kier molecular flexibility index (Phi) is 13.0. The molecule has 5 N–H and O–H groups in total. The van der Waals surface area contributed by atoms with Crippen LogP contribution < -0.4 is 0 Å². The standard InChI is InChI=1S/C22H28N4O10S/c27-17(28)9-24(10-18(29)30)6-7-25(11-19(31)32)14-22(23-15-37,8-16-4-2-1-3-5-16)26(12-20(33)34)13-21(35)36/h1-5H,6-14H2,(H,27,28)(H,29,30)(H,31,32)(H,33,34)(H,35,36). The van der Waals surface area contributed by atoms with Gasteiger partial charge in [-0.15, -0.1) is 0 Å². The van der Waals surface area contributed by atoms with Gasteiger partial charge in [-0.05, 0) is 17.8 Å². The molecule has 1 atom stereocenters. The Morgan fingerprint density at radius 2 is 1.16 bits per heavy atom. The van der Waals surface area contributed by atoms with Crippen molar-refractivity contribution in [1.29, 1.82) is 0 Å². The number of hydrogen-bond acceptors (Lipinski definition) is 10. The molecule has 202 valence electrons. The Bertz CT molecular complexity index is 986. The highest BCUT2D eigenvalue weighted by atomic mass is 32.1. The van der Waals surface area contributed by atoms with Crippen molar-refractivity contribution in [2.75, 3.05) is 52.4 Å². The summed E-state index contributed by atoms with van der Waals surface area (Å²) in [6.07, 6.45) is -0.0673. The van der Waals surface area contributed by atoms with Gasteiger partial charge in [-0.3, -0.25) is 38.7 Å². The van der Waals surface area contributed by atoms with Crippen molar-refractivity contribution in [2.24, 2.45) is 4.99 Å². The van der Waals surface area contributed by atoms with Crippen LogP contribution in [0.3, 0.4) is 0 Å². The summed E-state index contributed by atoms with van der Waals surface area (Å²) in [7, 11) is 0. The van der Waals surface area contributed by atoms with Crippen LogP contribution in [0.4, 0.5) is 0 Å². The molecule has 1 aromatic rings. The van der Waals surface area contributed by atoms with Crippen LogP contribution in [0.1, 0.15) is 5.56 Å². The van der Waals surface area contributed by atoms with Gasteiger partial charge in [0, 0.05) is 26.1 Å². The maximum absolute atomic E-state index is 11.6. The lowest BCUT2D eigenvalue weighted by atomic mass is 9.96. The van der Waals surface area contributed by atoms with Gasteiger partial charge in [0.1, 0.15) is 5.66 Å². The maximum Gasteiger partial charge on any atom is 0.317 e. The zero-order valence-corrected chi connectivity index (χ0v) is 20.5. The molecule has 37 heavy (non-hydrogen) atoms. The molecule has 0 amide bonds. The van der Waals surface area contributed by atoms with Crippen LogP contribution >= 0.6 is 12.2 Å². The molecule has 0 aliphatic rings. The van der Waals surface area contributed by atoms with E-state index in [1.807, 2.05) is 0 Å². The van der Waals surface area contributed by atoms with Crippen LogP contribution in [-0.2, 0) is 30.4 Å². The predicted octanol–water partition coefficient (Wildman–Crippen LogP) is -0.643. The zero-order chi connectivity index (χ0) is 28.0. The highest BCUT2D eigenvalue weighted by Gasteiger charge is 2.41. The van der Waals surface area contributed by atoms with Crippen molar-refractivity contribution in [3.63, 3.8) is 0 Å². The smallest absolute Gasteiger partial charge is 0.317 e. The van der Waals surface area contributed by atoms with Crippen molar-refractivity contribution in [3.05, 3.63) is 35.9 Å². The van der Waals surface area contributed by atoms with E-state index in [2.05, 4.69) is 10.2 Å². The van der Waals surface area contributed by atoms with Gasteiger partial charge in [0.2, 0.25) is 0 Å². The van der Waals surface area contributed by atoms with Gasteiger partial charge in [0.15, 0.2) is 0 Å². The fourth-order valence-corrected chi connectivity index (χ4v) is 3.91. The summed E-state index contributed by atoms with van der Waals surface area (Å²) in [6, 6.07) is 8.51. The van der Waals surface area contributed by atoms with E-state index >= 15 is 0 Å². The minimum absolute atomic E-state index is 0.0673. The van der Waals surface area contributed by atoms with Crippen LogP contribution in [-0.4, -0.2) is 133 Å². The molecule has 0 heterocycles. The molecule has 0 saturated heterocycles. The molecular weight excluding hydrogens is 512 g/mol. The Labute approximate surface area is 217 Å². The number of carbonyl (C=O) groups is 5. The average molecular weight is 541 g/mol. The minimum atomic E-state index is -1.69. The molecule has 1 rings (SSSR count). The van der Waals surface area contributed by atoms with Gasteiger partial charge in [-0.1, -0.05) is 30.3 Å². The molecule has 14 nitrogen and oxygen atoms in total. The van der Waals surface area contributed by atoms with Crippen LogP contribution in [0, 0.1) is 0 Å². The highest BCUT2D eigenvalue weighted by Crippen LogP contribution is 2.25. The highest BCUT2D eigenvalue weighted by molar-refractivity contribution is 7.78. The van der Waals surface area contributed by atoms with E-state index in [-0.39, 0.29) is 26.1 Å². The lowest BCUT2D eigenvalue weighted by molar-refractivity contribution is -0.147. The number of isothiocyanates is 1. The van der Waals surface area contributed by atoms with Crippen molar-refractivity contribution >= 4 is 47.2 Å². The summed E-state index contributed by atoms with van der Waals surface area (Å²) in [6.45, 7) is -4.08. The van der Waals surface area contributed by atoms with E-state index < -0.39 is 68.2 Å². The Morgan fingerprint density at radius 1 is 0.730 bits per heavy atom. The number of carboxylic acids is 5. The molecule has 0 aromatic heterocycles. The molecule has 1 aromatic carbocycles. The first kappa shape index (κ1) is 31.3. The second-order valence-electron chi connectivity index (χ2n) is 8.09. The summed E-state index contributed by atoms with van der Waals surface area (Å²) in [5, 5.41) is 48.7. The van der Waals surface area contributed by atoms with Gasteiger partial charge < -0.3 is 25.5 Å². The van der Waals surface area contributed by atoms with Crippen LogP contribution in [0.2, 0.25) is 0 Å². The number of nitrogens with zero attached hydrogens (tertiary/aromatic N) is 4. The first-order valence-electron chi connectivity index (χ1n) is 10.8. The van der Waals surface area contributed by atoms with Crippen molar-refractivity contribution in [2.45, 2.75) is 12.1 Å². The molecule has 15 heteroatoms. The van der Waals surface area contributed by atoms with Gasteiger partial charge in [-0.2, -0.15) is 0 Å². The number of benzene rings is 1. The topological polar surface area (TPSA) is 209 Å². The molecular formula is C22H28N4O10S. The molecule has 0 radical (unpaired) electrons. The van der Waals surface area contributed by atoms with Crippen molar-refractivity contribution < 1.29 is 49.5 Å². The van der Waals surface area contributed by atoms with Crippen molar-refractivity contribution in [1.82, 2.24) is 14.7 Å². The first-order chi connectivity index (χ1) is 17.4. The van der Waals surface area contributed by atoms with E-state index in [0.29, 0.717) is 5.56 Å². The number of thiocarbonyl (C=S) groups is 1. The SMILES string of the molecule is O=C(O)CN(CCN(CC(=O)O)CC(Cc1ccccc1)(N=C=S)N(CC(=O)O)CC(=O)O)CC(=O)O. The minimum Gasteiger partial charge on any atom is -0.480 e. The molecule has 0 aliphatic heterocycles. The third-order valence-corrected chi connectivity index (χ3v) is 5.20. The van der Waals surface area contributed by atoms with E-state index in [9.17, 15) is 39.3 Å². The fraction of sp³-hybridized carbons (Fsp3) is 0.455. The van der Waals surface area contributed by atoms with E-state index in [4.69, 9.17) is 22.4 Å². The van der Waals surface area contributed by atoms with E-state index in [0.717, 1.165) is 9.80 Å².